The van der Waals surface area contributed by atoms with Crippen LogP contribution in [0.1, 0.15) is 75.6 Å². The zero-order valence-electron chi connectivity index (χ0n) is 60.7. The highest BCUT2D eigenvalue weighted by Crippen LogP contribution is 2.35. The van der Waals surface area contributed by atoms with Gasteiger partial charge in [0.1, 0.15) is 75.9 Å². The Morgan fingerprint density at radius 1 is 0.366 bits per heavy atom. The van der Waals surface area contributed by atoms with Gasteiger partial charge in [-0.1, -0.05) is 76.2 Å². The lowest BCUT2D eigenvalue weighted by Crippen LogP contribution is -2.45. The third kappa shape index (κ3) is 33.6. The predicted molar refractivity (Wildman–Crippen MR) is 386 cm³/mol. The SMILES string of the molecule is CC(C)(c1ccc(OCCOCCOC(=O)CCNCCN2CCNCC2)cc1)c1ccc(OCCOCCOC(=O)CCN(CCC(=O)OCCOCCOc2ccc(C(C)(C)c3ccc(OCCOCCOC(=O)CCNCCN4CCNCC4)cc3)cc2)CCN2CCOCC2)cc1. The van der Waals surface area contributed by atoms with E-state index < -0.39 is 0 Å². The second kappa shape index (κ2) is 48.4. The summed E-state index contributed by atoms with van der Waals surface area (Å²) in [6, 6.07) is 32.2. The van der Waals surface area contributed by atoms with E-state index >= 15 is 0 Å². The van der Waals surface area contributed by atoms with Gasteiger partial charge in [-0.3, -0.25) is 33.9 Å². The Balaban J connectivity index is 0.667. The van der Waals surface area contributed by atoms with Gasteiger partial charge >= 0.3 is 23.9 Å². The van der Waals surface area contributed by atoms with Crippen molar-refractivity contribution in [1.82, 2.24) is 40.9 Å². The van der Waals surface area contributed by atoms with Crippen molar-refractivity contribution < 1.29 is 80.8 Å². The highest BCUT2D eigenvalue weighted by molar-refractivity contribution is 5.71. The van der Waals surface area contributed by atoms with Crippen molar-refractivity contribution in [3.8, 4) is 23.0 Å². The number of rotatable bonds is 53. The van der Waals surface area contributed by atoms with Crippen LogP contribution in [0.15, 0.2) is 97.1 Å². The molecule has 0 saturated carbocycles. The summed E-state index contributed by atoms with van der Waals surface area (Å²) in [5.41, 5.74) is 3.98. The first kappa shape index (κ1) is 81.7. The van der Waals surface area contributed by atoms with Crippen LogP contribution in [-0.2, 0) is 72.6 Å². The standard InChI is InChI=1S/C76H116N8O17/c1-75(2,63-5-13-67(14-6-63)94-55-47-90-51-59-98-71(85)21-25-77-27-35-82-37-29-79-30-38-82)65-9-17-69(18-10-65)96-57-49-92-53-61-100-73(87)23-33-81(41-42-84-43-45-89-46-44-84)34-24-74(88)101-62-54-93-50-58-97-70-19-11-66(12-20-70)76(3,4)64-7-15-68(16-8-64)95-56-48-91-52-60-99-72(86)22-26-78-28-36-83-39-31-80-32-40-83/h5-20,77-80H,21-62H2,1-4H3. The summed E-state index contributed by atoms with van der Waals surface area (Å²) in [6.07, 6.45) is 1.02. The molecule has 0 bridgehead atoms. The Kier molecular flexibility index (Phi) is 39.2. The van der Waals surface area contributed by atoms with Crippen LogP contribution in [0.25, 0.3) is 0 Å². The van der Waals surface area contributed by atoms with E-state index in [2.05, 4.69) is 117 Å². The third-order valence-corrected chi connectivity index (χ3v) is 18.0. The highest BCUT2D eigenvalue weighted by Gasteiger charge is 2.25. The van der Waals surface area contributed by atoms with Crippen molar-refractivity contribution >= 4 is 23.9 Å². The van der Waals surface area contributed by atoms with Crippen molar-refractivity contribution in [2.24, 2.45) is 0 Å². The molecule has 562 valence electrons. The first-order valence-electron chi connectivity index (χ1n) is 36.5. The molecule has 3 aliphatic rings. The summed E-state index contributed by atoms with van der Waals surface area (Å²) in [5, 5.41) is 13.3. The molecule has 0 atom stereocenters. The Bertz CT molecular complexity index is 2690. The summed E-state index contributed by atoms with van der Waals surface area (Å²) < 4.78 is 73.5. The number of nitrogens with zero attached hydrogens (tertiary/aromatic N) is 4. The number of carbonyl (C=O) groups is 4. The van der Waals surface area contributed by atoms with E-state index in [1.807, 2.05) is 48.5 Å². The molecule has 7 rings (SSSR count). The summed E-state index contributed by atoms with van der Waals surface area (Å²) in [7, 11) is 0. The molecule has 3 heterocycles. The van der Waals surface area contributed by atoms with Crippen molar-refractivity contribution in [2.75, 3.05) is 250 Å². The van der Waals surface area contributed by atoms with Crippen molar-refractivity contribution in [1.29, 1.82) is 0 Å². The van der Waals surface area contributed by atoms with Crippen LogP contribution in [0.3, 0.4) is 0 Å². The smallest absolute Gasteiger partial charge is 0.307 e. The molecule has 4 aromatic rings. The van der Waals surface area contributed by atoms with E-state index in [4.69, 9.17) is 61.6 Å². The molecule has 0 radical (unpaired) electrons. The Hall–Kier alpha value is -6.56. The number of carbonyl (C=O) groups excluding carboxylic acids is 4. The number of benzene rings is 4. The molecule has 0 aromatic heterocycles. The minimum Gasteiger partial charge on any atom is -0.491 e. The first-order valence-corrected chi connectivity index (χ1v) is 36.5. The van der Waals surface area contributed by atoms with E-state index in [-0.39, 0.29) is 87.2 Å². The molecule has 0 spiro atoms. The molecule has 25 heteroatoms. The van der Waals surface area contributed by atoms with E-state index in [9.17, 15) is 19.2 Å². The second-order valence-corrected chi connectivity index (χ2v) is 26.1. The van der Waals surface area contributed by atoms with Gasteiger partial charge in [0.05, 0.1) is 91.8 Å². The van der Waals surface area contributed by atoms with Crippen LogP contribution >= 0.6 is 0 Å². The number of morpholine rings is 1. The largest absolute Gasteiger partial charge is 0.491 e. The maximum atomic E-state index is 12.8. The topological polar surface area (TPSA) is 249 Å². The van der Waals surface area contributed by atoms with Gasteiger partial charge in [-0.2, -0.15) is 0 Å². The van der Waals surface area contributed by atoms with Crippen LogP contribution in [0.5, 0.6) is 23.0 Å². The average Bonchev–Trinajstić information content (AvgIpc) is 0.811. The lowest BCUT2D eigenvalue weighted by atomic mass is 9.78. The molecule has 25 nitrogen and oxygen atoms in total. The number of esters is 4. The summed E-state index contributed by atoms with van der Waals surface area (Å²) >= 11 is 0. The zero-order chi connectivity index (χ0) is 71.3. The van der Waals surface area contributed by atoms with Crippen molar-refractivity contribution in [2.45, 2.75) is 64.2 Å². The Labute approximate surface area is 599 Å². The van der Waals surface area contributed by atoms with E-state index in [0.717, 1.165) is 143 Å². The minimum absolute atomic E-state index is 0.122. The summed E-state index contributed by atoms with van der Waals surface area (Å²) in [6.45, 7) is 32.0. The van der Waals surface area contributed by atoms with E-state index in [1.165, 1.54) is 0 Å². The minimum atomic E-state index is -0.334. The number of nitrogens with one attached hydrogen (secondary N) is 4. The van der Waals surface area contributed by atoms with Crippen LogP contribution in [0.2, 0.25) is 0 Å². The molecule has 3 saturated heterocycles. The molecule has 4 aromatic carbocycles. The number of hydrogen-bond acceptors (Lipinski definition) is 25. The molecule has 0 amide bonds. The highest BCUT2D eigenvalue weighted by atomic mass is 16.6. The van der Waals surface area contributed by atoms with Crippen molar-refractivity contribution in [3.05, 3.63) is 119 Å². The van der Waals surface area contributed by atoms with Crippen LogP contribution in [0.4, 0.5) is 0 Å². The van der Waals surface area contributed by atoms with Crippen molar-refractivity contribution in [3.63, 3.8) is 0 Å². The van der Waals surface area contributed by atoms with Gasteiger partial charge in [-0.15, -0.1) is 0 Å². The van der Waals surface area contributed by atoms with Gasteiger partial charge in [0.2, 0.25) is 0 Å². The van der Waals surface area contributed by atoms with Gasteiger partial charge in [-0.25, -0.2) is 0 Å². The zero-order valence-corrected chi connectivity index (χ0v) is 60.7. The van der Waals surface area contributed by atoms with Crippen LogP contribution in [-0.4, -0.2) is 293 Å². The maximum absolute atomic E-state index is 12.8. The second-order valence-electron chi connectivity index (χ2n) is 26.1. The molecule has 4 N–H and O–H groups in total. The maximum Gasteiger partial charge on any atom is 0.307 e. The van der Waals surface area contributed by atoms with Crippen LogP contribution in [0, 0.1) is 0 Å². The van der Waals surface area contributed by atoms with Gasteiger partial charge in [0, 0.05) is 142 Å². The number of ether oxygens (including phenoxy) is 13. The fourth-order valence-corrected chi connectivity index (χ4v) is 11.5. The van der Waals surface area contributed by atoms with E-state index in [0.29, 0.717) is 125 Å². The predicted octanol–water partition coefficient (Wildman–Crippen LogP) is 4.98. The van der Waals surface area contributed by atoms with Gasteiger partial charge in [-0.05, 0) is 70.8 Å². The number of piperazine rings is 2. The first-order chi connectivity index (χ1) is 49.3. The molecule has 3 fully saturated rings. The average molecular weight is 1410 g/mol. The summed E-state index contributed by atoms with van der Waals surface area (Å²) in [4.78, 5) is 59.0. The molecule has 0 aliphatic carbocycles. The fraction of sp³-hybridized carbons (Fsp3) is 0.632. The van der Waals surface area contributed by atoms with E-state index in [1.54, 1.807) is 0 Å². The van der Waals surface area contributed by atoms with Gasteiger partial charge in [0.25, 0.3) is 0 Å². The fourth-order valence-electron chi connectivity index (χ4n) is 11.5. The monoisotopic (exact) mass is 1410 g/mol. The Morgan fingerprint density at radius 2 is 0.653 bits per heavy atom. The Morgan fingerprint density at radius 3 is 0.970 bits per heavy atom. The van der Waals surface area contributed by atoms with Crippen LogP contribution < -0.4 is 40.2 Å². The molecular formula is C76H116N8O17. The normalized spacial score (nSPS) is 14.9. The number of hydrogen-bond donors (Lipinski definition) is 4. The molecular weight excluding hydrogens is 1300 g/mol. The molecule has 0 unspecified atom stereocenters. The summed E-state index contributed by atoms with van der Waals surface area (Å²) in [5.74, 6) is 1.82. The van der Waals surface area contributed by atoms with Gasteiger partial charge in [0.15, 0.2) is 0 Å². The molecule has 3 aliphatic heterocycles. The molecule has 101 heavy (non-hydrogen) atoms. The lowest BCUT2D eigenvalue weighted by Gasteiger charge is -2.29. The quantitative estimate of drug-likeness (QED) is 0.0259. The third-order valence-electron chi connectivity index (χ3n) is 18.0. The lowest BCUT2D eigenvalue weighted by molar-refractivity contribution is -0.147. The van der Waals surface area contributed by atoms with Gasteiger partial charge < -0.3 is 87.7 Å².